The van der Waals surface area contributed by atoms with E-state index in [0.717, 1.165) is 33.7 Å². The number of benzene rings is 3. The molecule has 0 aliphatic carbocycles. The Morgan fingerprint density at radius 1 is 0.800 bits per heavy atom. The van der Waals surface area contributed by atoms with Crippen LogP contribution in [-0.2, 0) is 4.79 Å². The normalized spacial score (nSPS) is 14.7. The molecular weight excluding hydrogens is 310 g/mol. The van der Waals surface area contributed by atoms with Gasteiger partial charge in [-0.1, -0.05) is 60.7 Å². The smallest absolute Gasteiger partial charge is 0.257 e. The molecule has 1 amide bonds. The third-order valence-electron chi connectivity index (χ3n) is 4.36. The molecule has 0 saturated heterocycles. The van der Waals surface area contributed by atoms with Crippen molar-refractivity contribution < 1.29 is 9.53 Å². The maximum atomic E-state index is 12.7. The number of ether oxygens (including phenoxy) is 1. The maximum absolute atomic E-state index is 12.7. The summed E-state index contributed by atoms with van der Waals surface area (Å²) in [5.41, 5.74) is 5.40. The fourth-order valence-corrected chi connectivity index (χ4v) is 3.18. The zero-order chi connectivity index (χ0) is 17.2. The summed E-state index contributed by atoms with van der Waals surface area (Å²) in [7, 11) is 1.65. The van der Waals surface area contributed by atoms with E-state index in [9.17, 15) is 4.79 Å². The average molecular weight is 327 g/mol. The van der Waals surface area contributed by atoms with Gasteiger partial charge in [-0.05, 0) is 29.3 Å². The fraction of sp³-hybridized carbons (Fsp3) is 0.0455. The Hall–Kier alpha value is -3.33. The molecule has 1 N–H and O–H groups in total. The van der Waals surface area contributed by atoms with Crippen molar-refractivity contribution >= 4 is 22.7 Å². The number of anilines is 1. The average Bonchev–Trinajstić information content (AvgIpc) is 3.00. The number of hydrogen-bond donors (Lipinski definition) is 1. The molecule has 0 fully saturated rings. The van der Waals surface area contributed by atoms with Gasteiger partial charge in [-0.2, -0.15) is 0 Å². The number of fused-ring (bicyclic) bond motifs is 1. The number of hydrogen-bond acceptors (Lipinski definition) is 2. The molecule has 3 aromatic rings. The predicted octanol–water partition coefficient (Wildman–Crippen LogP) is 4.61. The summed E-state index contributed by atoms with van der Waals surface area (Å²) in [5.74, 6) is 0.716. The van der Waals surface area contributed by atoms with Gasteiger partial charge in [-0.15, -0.1) is 0 Å². The van der Waals surface area contributed by atoms with Gasteiger partial charge in [0, 0.05) is 16.8 Å². The van der Waals surface area contributed by atoms with Crippen molar-refractivity contribution in [1.29, 1.82) is 0 Å². The van der Waals surface area contributed by atoms with E-state index in [1.165, 1.54) is 0 Å². The van der Waals surface area contributed by atoms with Gasteiger partial charge in [-0.25, -0.2) is 0 Å². The molecule has 3 heteroatoms. The summed E-state index contributed by atoms with van der Waals surface area (Å²) in [4.78, 5) is 12.7. The van der Waals surface area contributed by atoms with Crippen molar-refractivity contribution in [1.82, 2.24) is 0 Å². The first-order chi connectivity index (χ1) is 12.3. The summed E-state index contributed by atoms with van der Waals surface area (Å²) in [6.07, 6.45) is 0. The fourth-order valence-electron chi connectivity index (χ4n) is 3.18. The Morgan fingerprint density at radius 3 is 2.16 bits per heavy atom. The second kappa shape index (κ2) is 6.29. The maximum Gasteiger partial charge on any atom is 0.257 e. The Kier molecular flexibility index (Phi) is 3.82. The second-order valence-corrected chi connectivity index (χ2v) is 5.84. The number of methoxy groups -OCH3 is 1. The summed E-state index contributed by atoms with van der Waals surface area (Å²) < 4.78 is 5.26. The van der Waals surface area contributed by atoms with E-state index in [1.807, 2.05) is 78.9 Å². The highest BCUT2D eigenvalue weighted by Gasteiger charge is 2.28. The van der Waals surface area contributed by atoms with Gasteiger partial charge >= 0.3 is 0 Å². The topological polar surface area (TPSA) is 38.3 Å². The van der Waals surface area contributed by atoms with Crippen LogP contribution in [0.2, 0.25) is 0 Å². The van der Waals surface area contributed by atoms with Crippen LogP contribution in [0.4, 0.5) is 5.69 Å². The van der Waals surface area contributed by atoms with E-state index >= 15 is 0 Å². The standard InChI is InChI=1S/C22H17NO2/c1-25-17-13-11-16(12-14-17)20(15-7-3-2-4-8-15)21-18-9-5-6-10-19(18)23-22(21)24/h2-14H,1H3,(H,23,24)/b21-20-. The van der Waals surface area contributed by atoms with E-state index in [1.54, 1.807) is 7.11 Å². The molecule has 0 bridgehead atoms. The number of nitrogens with one attached hydrogen (secondary N) is 1. The monoisotopic (exact) mass is 327 g/mol. The van der Waals surface area contributed by atoms with Gasteiger partial charge in [0.1, 0.15) is 5.75 Å². The second-order valence-electron chi connectivity index (χ2n) is 5.84. The molecule has 122 valence electrons. The van der Waals surface area contributed by atoms with Crippen molar-refractivity contribution in [3.8, 4) is 5.75 Å². The van der Waals surface area contributed by atoms with Gasteiger partial charge in [0.2, 0.25) is 0 Å². The number of para-hydroxylation sites is 1. The van der Waals surface area contributed by atoms with Gasteiger partial charge in [0.25, 0.3) is 5.91 Å². The molecule has 4 rings (SSSR count). The molecule has 0 atom stereocenters. The molecule has 0 radical (unpaired) electrons. The predicted molar refractivity (Wildman–Crippen MR) is 100 cm³/mol. The van der Waals surface area contributed by atoms with Crippen LogP contribution < -0.4 is 10.1 Å². The van der Waals surface area contributed by atoms with Crippen molar-refractivity contribution in [3.63, 3.8) is 0 Å². The minimum Gasteiger partial charge on any atom is -0.497 e. The zero-order valence-electron chi connectivity index (χ0n) is 13.8. The number of carbonyl (C=O) groups is 1. The van der Waals surface area contributed by atoms with Crippen LogP contribution in [0, 0.1) is 0 Å². The Labute approximate surface area is 146 Å². The molecule has 1 aliphatic heterocycles. The van der Waals surface area contributed by atoms with Crippen molar-refractivity contribution in [2.45, 2.75) is 0 Å². The van der Waals surface area contributed by atoms with Gasteiger partial charge in [0.05, 0.1) is 12.7 Å². The Bertz CT molecular complexity index is 957. The summed E-state index contributed by atoms with van der Waals surface area (Å²) >= 11 is 0. The zero-order valence-corrected chi connectivity index (χ0v) is 13.8. The molecule has 0 saturated carbocycles. The highest BCUT2D eigenvalue weighted by Crippen LogP contribution is 2.39. The van der Waals surface area contributed by atoms with Gasteiger partial charge in [-0.3, -0.25) is 4.79 Å². The van der Waals surface area contributed by atoms with E-state index < -0.39 is 0 Å². The lowest BCUT2D eigenvalue weighted by molar-refractivity contribution is -0.110. The van der Waals surface area contributed by atoms with Crippen LogP contribution in [0.3, 0.4) is 0 Å². The van der Waals surface area contributed by atoms with Crippen LogP contribution >= 0.6 is 0 Å². The molecule has 3 aromatic carbocycles. The van der Waals surface area contributed by atoms with E-state index in [2.05, 4.69) is 5.32 Å². The van der Waals surface area contributed by atoms with Crippen LogP contribution in [0.25, 0.3) is 11.1 Å². The minimum atomic E-state index is -0.0733. The molecule has 3 nitrogen and oxygen atoms in total. The molecule has 1 aliphatic rings. The highest BCUT2D eigenvalue weighted by molar-refractivity contribution is 6.38. The van der Waals surface area contributed by atoms with Crippen molar-refractivity contribution in [3.05, 3.63) is 95.6 Å². The van der Waals surface area contributed by atoms with Crippen LogP contribution in [0.1, 0.15) is 16.7 Å². The Balaban J connectivity index is 1.99. The summed E-state index contributed by atoms with van der Waals surface area (Å²) in [5, 5.41) is 2.97. The van der Waals surface area contributed by atoms with Crippen molar-refractivity contribution in [2.75, 3.05) is 12.4 Å². The highest BCUT2D eigenvalue weighted by atomic mass is 16.5. The van der Waals surface area contributed by atoms with Crippen LogP contribution in [-0.4, -0.2) is 13.0 Å². The van der Waals surface area contributed by atoms with Gasteiger partial charge < -0.3 is 10.1 Å². The molecule has 0 spiro atoms. The number of amides is 1. The SMILES string of the molecule is COc1ccc(/C(=C2\C(=O)Nc3ccccc32)c2ccccc2)cc1. The number of carbonyl (C=O) groups excluding carboxylic acids is 1. The third kappa shape index (κ3) is 2.70. The minimum absolute atomic E-state index is 0.0733. The van der Waals surface area contributed by atoms with Crippen LogP contribution in [0.15, 0.2) is 78.9 Å². The lowest BCUT2D eigenvalue weighted by Gasteiger charge is -2.13. The largest absolute Gasteiger partial charge is 0.497 e. The Morgan fingerprint density at radius 2 is 1.44 bits per heavy atom. The molecule has 1 heterocycles. The lowest BCUT2D eigenvalue weighted by Crippen LogP contribution is -2.06. The molecule has 0 aromatic heterocycles. The van der Waals surface area contributed by atoms with E-state index in [-0.39, 0.29) is 5.91 Å². The molecular formula is C22H17NO2. The van der Waals surface area contributed by atoms with Gasteiger partial charge in [0.15, 0.2) is 0 Å². The third-order valence-corrected chi connectivity index (χ3v) is 4.36. The first kappa shape index (κ1) is 15.2. The number of rotatable bonds is 3. The molecule has 25 heavy (non-hydrogen) atoms. The summed E-state index contributed by atoms with van der Waals surface area (Å²) in [6.45, 7) is 0. The quantitative estimate of drug-likeness (QED) is 0.714. The van der Waals surface area contributed by atoms with E-state index in [0.29, 0.717) is 5.57 Å². The van der Waals surface area contributed by atoms with E-state index in [4.69, 9.17) is 4.74 Å². The van der Waals surface area contributed by atoms with Crippen LogP contribution in [0.5, 0.6) is 5.75 Å². The first-order valence-electron chi connectivity index (χ1n) is 8.13. The summed E-state index contributed by atoms with van der Waals surface area (Å²) in [6, 6.07) is 25.6. The molecule has 0 unspecified atom stereocenters. The van der Waals surface area contributed by atoms with Crippen molar-refractivity contribution in [2.24, 2.45) is 0 Å². The lowest BCUT2D eigenvalue weighted by atomic mass is 9.90. The first-order valence-corrected chi connectivity index (χ1v) is 8.13.